The Hall–Kier alpha value is -0.293. The summed E-state index contributed by atoms with van der Waals surface area (Å²) in [5.41, 5.74) is 0.941. The topological polar surface area (TPSA) is 23.8 Å². The molecule has 0 aromatic heterocycles. The van der Waals surface area contributed by atoms with E-state index in [0.29, 0.717) is 5.92 Å². The van der Waals surface area contributed by atoms with Gasteiger partial charge >= 0.3 is 0 Å². The first kappa shape index (κ1) is 9.27. The molecule has 2 heteroatoms. The molecule has 0 amide bonds. The molecule has 0 radical (unpaired) electrons. The Morgan fingerprint density at radius 3 is 2.31 bits per heavy atom. The lowest BCUT2D eigenvalue weighted by atomic mass is 9.89. The molecule has 13 heavy (non-hydrogen) atoms. The number of hydrogen-bond acceptors (Lipinski definition) is 1. The number of nitriles is 1. The molecule has 2 aliphatic rings. The Balaban J connectivity index is 2.15. The number of hydrogen-bond donors (Lipinski definition) is 0. The highest BCUT2D eigenvalue weighted by Gasteiger charge is 2.50. The highest BCUT2D eigenvalue weighted by Crippen LogP contribution is 2.57. The van der Waals surface area contributed by atoms with Crippen LogP contribution in [-0.2, 0) is 0 Å². The molecule has 1 nitrogen and oxygen atoms in total. The normalized spacial score (nSPS) is 43.5. The zero-order valence-corrected chi connectivity index (χ0v) is 9.88. The minimum atomic E-state index is -0.987. The quantitative estimate of drug-likeness (QED) is 0.586. The monoisotopic (exact) mass is 193 g/mol. The number of fused-ring (bicyclic) bond motifs is 2. The summed E-state index contributed by atoms with van der Waals surface area (Å²) in [7, 11) is -0.987. The average Bonchev–Trinajstić information content (AvgIpc) is 2.59. The molecule has 2 aliphatic carbocycles. The molecular weight excluding hydrogens is 174 g/mol. The van der Waals surface area contributed by atoms with Crippen molar-refractivity contribution in [3.63, 3.8) is 0 Å². The molecule has 0 heterocycles. The van der Waals surface area contributed by atoms with Crippen molar-refractivity contribution in [3.05, 3.63) is 0 Å². The van der Waals surface area contributed by atoms with E-state index in [0.717, 1.165) is 17.4 Å². The van der Waals surface area contributed by atoms with E-state index in [9.17, 15) is 0 Å². The third-order valence-corrected chi connectivity index (χ3v) is 6.98. The Morgan fingerprint density at radius 2 is 1.85 bits per heavy atom. The fourth-order valence-electron chi connectivity index (χ4n) is 3.49. The molecule has 2 saturated carbocycles. The molecule has 0 unspecified atom stereocenters. The predicted octanol–water partition coefficient (Wildman–Crippen LogP) is 3.26. The van der Waals surface area contributed by atoms with Gasteiger partial charge in [-0.05, 0) is 36.6 Å². The van der Waals surface area contributed by atoms with Gasteiger partial charge < -0.3 is 0 Å². The van der Waals surface area contributed by atoms with Crippen molar-refractivity contribution in [1.29, 1.82) is 5.26 Å². The lowest BCUT2D eigenvalue weighted by Gasteiger charge is -2.34. The summed E-state index contributed by atoms with van der Waals surface area (Å²) in [6.07, 6.45) is 4.02. The van der Waals surface area contributed by atoms with Crippen molar-refractivity contribution >= 4 is 8.07 Å². The number of rotatable bonds is 1. The van der Waals surface area contributed by atoms with Crippen LogP contribution >= 0.6 is 0 Å². The van der Waals surface area contributed by atoms with Crippen LogP contribution in [0.5, 0.6) is 0 Å². The van der Waals surface area contributed by atoms with Gasteiger partial charge in [-0.2, -0.15) is 5.26 Å². The van der Waals surface area contributed by atoms with Crippen LogP contribution in [0.4, 0.5) is 0 Å². The molecular formula is C11H19NSi. The van der Waals surface area contributed by atoms with E-state index in [1.165, 1.54) is 19.3 Å². The van der Waals surface area contributed by atoms with E-state index in [-0.39, 0.29) is 0 Å². The molecule has 0 aliphatic heterocycles. The van der Waals surface area contributed by atoms with Gasteiger partial charge in [0.05, 0.1) is 6.07 Å². The molecule has 72 valence electrons. The van der Waals surface area contributed by atoms with Gasteiger partial charge in [0, 0.05) is 14.0 Å². The van der Waals surface area contributed by atoms with Crippen LogP contribution in [-0.4, -0.2) is 8.07 Å². The maximum absolute atomic E-state index is 9.04. The van der Waals surface area contributed by atoms with Crippen LogP contribution in [0.2, 0.25) is 25.2 Å². The summed E-state index contributed by atoms with van der Waals surface area (Å²) >= 11 is 0. The van der Waals surface area contributed by atoms with E-state index in [1.54, 1.807) is 0 Å². The van der Waals surface area contributed by atoms with Gasteiger partial charge in [-0.25, -0.2) is 0 Å². The van der Waals surface area contributed by atoms with Gasteiger partial charge in [-0.1, -0.05) is 19.6 Å². The lowest BCUT2D eigenvalue weighted by Crippen LogP contribution is -2.34. The Labute approximate surface area is 82.2 Å². The fourth-order valence-corrected chi connectivity index (χ4v) is 6.19. The summed E-state index contributed by atoms with van der Waals surface area (Å²) in [6.45, 7) is 7.40. The van der Waals surface area contributed by atoms with E-state index in [1.807, 2.05) is 0 Å². The first-order chi connectivity index (χ1) is 6.02. The molecule has 0 aromatic carbocycles. The van der Waals surface area contributed by atoms with Crippen LogP contribution in [0.15, 0.2) is 0 Å². The van der Waals surface area contributed by atoms with Crippen LogP contribution in [0.3, 0.4) is 0 Å². The largest absolute Gasteiger partial charge is 0.198 e. The Kier molecular flexibility index (Phi) is 2.03. The zero-order chi connectivity index (χ0) is 9.64. The lowest BCUT2D eigenvalue weighted by molar-refractivity contribution is 0.394. The minimum absolute atomic E-state index is 0.412. The van der Waals surface area contributed by atoms with E-state index in [4.69, 9.17) is 5.26 Å². The third-order valence-electron chi connectivity index (χ3n) is 4.09. The van der Waals surface area contributed by atoms with Gasteiger partial charge in [0.25, 0.3) is 0 Å². The second kappa shape index (κ2) is 2.85. The van der Waals surface area contributed by atoms with Crippen LogP contribution in [0.1, 0.15) is 19.3 Å². The average molecular weight is 193 g/mol. The van der Waals surface area contributed by atoms with Gasteiger partial charge in [0.1, 0.15) is 0 Å². The van der Waals surface area contributed by atoms with Crippen molar-refractivity contribution in [3.8, 4) is 6.07 Å². The first-order valence-electron chi connectivity index (χ1n) is 5.42. The summed E-state index contributed by atoms with van der Waals surface area (Å²) in [6, 6.07) is 2.52. The van der Waals surface area contributed by atoms with Crippen LogP contribution < -0.4 is 0 Å². The van der Waals surface area contributed by atoms with Crippen molar-refractivity contribution in [2.45, 2.75) is 44.4 Å². The fraction of sp³-hybridized carbons (Fsp3) is 0.909. The second-order valence-corrected chi connectivity index (χ2v) is 11.4. The van der Waals surface area contributed by atoms with Gasteiger partial charge in [0.15, 0.2) is 0 Å². The van der Waals surface area contributed by atoms with E-state index >= 15 is 0 Å². The smallest absolute Gasteiger partial charge is 0.0658 e. The molecule has 0 N–H and O–H groups in total. The molecule has 2 fully saturated rings. The van der Waals surface area contributed by atoms with Crippen molar-refractivity contribution in [2.24, 2.45) is 17.8 Å². The highest BCUT2D eigenvalue weighted by atomic mass is 28.3. The van der Waals surface area contributed by atoms with Crippen molar-refractivity contribution in [1.82, 2.24) is 0 Å². The molecule has 0 aromatic rings. The Morgan fingerprint density at radius 1 is 1.15 bits per heavy atom. The summed E-state index contributed by atoms with van der Waals surface area (Å²) < 4.78 is 0. The maximum Gasteiger partial charge on any atom is 0.0658 e. The molecule has 0 spiro atoms. The summed E-state index contributed by atoms with van der Waals surface area (Å²) in [4.78, 5) is 0. The van der Waals surface area contributed by atoms with Gasteiger partial charge in [0.2, 0.25) is 0 Å². The summed E-state index contributed by atoms with van der Waals surface area (Å²) in [5, 5.41) is 9.04. The first-order valence-corrected chi connectivity index (χ1v) is 8.99. The third kappa shape index (κ3) is 1.44. The second-order valence-electron chi connectivity index (χ2n) is 5.95. The Bertz CT molecular complexity index is 248. The highest BCUT2D eigenvalue weighted by molar-refractivity contribution is 6.77. The van der Waals surface area contributed by atoms with E-state index < -0.39 is 8.07 Å². The van der Waals surface area contributed by atoms with Gasteiger partial charge in [-0.15, -0.1) is 0 Å². The predicted molar refractivity (Wildman–Crippen MR) is 57.0 cm³/mol. The molecule has 2 rings (SSSR count). The van der Waals surface area contributed by atoms with Gasteiger partial charge in [-0.3, -0.25) is 0 Å². The SMILES string of the molecule is C[Si](C)(C)[C@H]1C[C@H]2C[C@@H]1[C@@H](C#N)C2. The molecule has 2 bridgehead atoms. The maximum atomic E-state index is 9.04. The van der Waals surface area contributed by atoms with Crippen LogP contribution in [0.25, 0.3) is 0 Å². The number of nitrogens with zero attached hydrogens (tertiary/aromatic N) is 1. The van der Waals surface area contributed by atoms with Crippen molar-refractivity contribution < 1.29 is 0 Å². The zero-order valence-electron chi connectivity index (χ0n) is 8.88. The van der Waals surface area contributed by atoms with Crippen LogP contribution in [0, 0.1) is 29.1 Å². The van der Waals surface area contributed by atoms with E-state index in [2.05, 4.69) is 25.7 Å². The minimum Gasteiger partial charge on any atom is -0.198 e. The molecule has 4 atom stereocenters. The standard InChI is InChI=1S/C11H19NSi/c1-13(2,3)11-6-8-4-9(7-12)10(11)5-8/h8-11H,4-6H2,1-3H3/t8-,9-,10-,11+/m1/s1. The van der Waals surface area contributed by atoms with Crippen molar-refractivity contribution in [2.75, 3.05) is 0 Å². The summed E-state index contributed by atoms with van der Waals surface area (Å²) in [5.74, 6) is 2.10. The molecule has 0 saturated heterocycles.